The lowest BCUT2D eigenvalue weighted by atomic mass is 9.93. The van der Waals surface area contributed by atoms with Crippen LogP contribution in [0.25, 0.3) is 22.2 Å². The molecule has 1 unspecified atom stereocenters. The maximum absolute atomic E-state index is 13.2. The van der Waals surface area contributed by atoms with Crippen molar-refractivity contribution in [3.63, 3.8) is 0 Å². The van der Waals surface area contributed by atoms with Crippen LogP contribution in [0.5, 0.6) is 0 Å². The van der Waals surface area contributed by atoms with Crippen molar-refractivity contribution in [1.82, 2.24) is 14.9 Å². The number of hydrogen-bond acceptors (Lipinski definition) is 2. The van der Waals surface area contributed by atoms with Crippen molar-refractivity contribution in [2.75, 3.05) is 11.9 Å². The highest BCUT2D eigenvalue weighted by Gasteiger charge is 2.20. The Labute approximate surface area is 221 Å². The Bertz CT molecular complexity index is 1300. The zero-order chi connectivity index (χ0) is 26.4. The fourth-order valence-electron chi connectivity index (χ4n) is 5.05. The number of benzene rings is 2. The predicted molar refractivity (Wildman–Crippen MR) is 155 cm³/mol. The number of anilines is 1. The van der Waals surface area contributed by atoms with Gasteiger partial charge in [-0.05, 0) is 47.1 Å². The molecular weight excluding hydrogens is 456 g/mol. The van der Waals surface area contributed by atoms with Gasteiger partial charge < -0.3 is 15.2 Å². The maximum atomic E-state index is 13.2. The van der Waals surface area contributed by atoms with E-state index >= 15 is 0 Å². The molecule has 5 nitrogen and oxygen atoms in total. The van der Waals surface area contributed by atoms with E-state index in [0.29, 0.717) is 18.4 Å². The summed E-state index contributed by atoms with van der Waals surface area (Å²) in [5.41, 5.74) is 6.56. The Hall–Kier alpha value is -3.60. The second kappa shape index (κ2) is 12.1. The van der Waals surface area contributed by atoms with Crippen LogP contribution in [-0.4, -0.2) is 22.1 Å². The van der Waals surface area contributed by atoms with Crippen LogP contribution in [-0.2, 0) is 0 Å². The van der Waals surface area contributed by atoms with Crippen molar-refractivity contribution in [2.45, 2.75) is 71.8 Å². The van der Waals surface area contributed by atoms with Crippen LogP contribution in [0.2, 0.25) is 0 Å². The van der Waals surface area contributed by atoms with E-state index in [2.05, 4.69) is 105 Å². The number of hydrogen-bond donors (Lipinski definition) is 2. The van der Waals surface area contributed by atoms with E-state index in [0.717, 1.165) is 47.1 Å². The number of amides is 2. The fraction of sp³-hybridized carbons (Fsp3) is 0.375. The molecule has 2 N–H and O–H groups in total. The quantitative estimate of drug-likeness (QED) is 0.231. The molecule has 1 atom stereocenters. The summed E-state index contributed by atoms with van der Waals surface area (Å²) in [6.45, 7) is 11.4. The highest BCUT2D eigenvalue weighted by molar-refractivity contribution is 5.94. The third-order valence-corrected chi connectivity index (χ3v) is 7.07. The molecule has 2 aromatic carbocycles. The molecule has 4 aromatic rings. The van der Waals surface area contributed by atoms with Gasteiger partial charge in [0.25, 0.3) is 0 Å². The number of urea groups is 1. The van der Waals surface area contributed by atoms with Crippen molar-refractivity contribution in [3.05, 3.63) is 84.2 Å². The highest BCUT2D eigenvalue weighted by Crippen LogP contribution is 2.34. The molecule has 0 spiro atoms. The Morgan fingerprint density at radius 1 is 0.919 bits per heavy atom. The van der Waals surface area contributed by atoms with E-state index in [4.69, 9.17) is 4.98 Å². The summed E-state index contributed by atoms with van der Waals surface area (Å²) in [7, 11) is 0. The Kier molecular flexibility index (Phi) is 8.65. The van der Waals surface area contributed by atoms with Gasteiger partial charge in [0.2, 0.25) is 0 Å². The zero-order valence-corrected chi connectivity index (χ0v) is 22.8. The summed E-state index contributed by atoms with van der Waals surface area (Å²) in [4.78, 5) is 18.0. The van der Waals surface area contributed by atoms with E-state index in [-0.39, 0.29) is 12.1 Å². The molecule has 0 saturated carbocycles. The molecule has 0 saturated heterocycles. The molecule has 2 heterocycles. The van der Waals surface area contributed by atoms with Crippen molar-refractivity contribution in [1.29, 1.82) is 0 Å². The first-order valence-electron chi connectivity index (χ1n) is 13.6. The van der Waals surface area contributed by atoms with Gasteiger partial charge in [-0.15, -0.1) is 0 Å². The highest BCUT2D eigenvalue weighted by atomic mass is 16.2. The largest absolute Gasteiger partial charge is 0.336 e. The first-order valence-corrected chi connectivity index (χ1v) is 13.6. The number of unbranched alkanes of at least 4 members (excludes halogenated alkanes) is 1. The van der Waals surface area contributed by atoms with Gasteiger partial charge in [-0.1, -0.05) is 96.0 Å². The van der Waals surface area contributed by atoms with Gasteiger partial charge in [0.1, 0.15) is 5.65 Å². The zero-order valence-electron chi connectivity index (χ0n) is 22.8. The third kappa shape index (κ3) is 6.04. The standard InChI is InChI=1S/C32H40N4O/c1-6-7-15-25(20-34-32(37)35-30-26(22(2)3)16-11-17-27(30)23(4)5)36-21-29(24-13-9-8-10-14-24)28-18-12-19-33-31(28)36/h8-14,16-19,21-23,25H,6-7,15,20H2,1-5H3,(H2,34,35,37). The fourth-order valence-corrected chi connectivity index (χ4v) is 5.05. The van der Waals surface area contributed by atoms with E-state index in [9.17, 15) is 4.79 Å². The summed E-state index contributed by atoms with van der Waals surface area (Å²) in [5.74, 6) is 0.639. The van der Waals surface area contributed by atoms with Gasteiger partial charge in [0.05, 0.1) is 6.04 Å². The van der Waals surface area contributed by atoms with E-state index in [1.54, 1.807) is 0 Å². The average Bonchev–Trinajstić information content (AvgIpc) is 3.29. The SMILES string of the molecule is CCCCC(CNC(=O)Nc1c(C(C)C)cccc1C(C)C)n1cc(-c2ccccc2)c2cccnc21. The number of aromatic nitrogens is 2. The summed E-state index contributed by atoms with van der Waals surface area (Å²) in [5, 5.41) is 7.52. The molecule has 0 aliphatic heterocycles. The molecule has 0 aliphatic rings. The molecule has 2 aromatic heterocycles. The molecule has 37 heavy (non-hydrogen) atoms. The minimum atomic E-state index is -0.163. The predicted octanol–water partition coefficient (Wildman–Crippen LogP) is 8.50. The number of carbonyl (C=O) groups is 1. The molecule has 0 radical (unpaired) electrons. The van der Waals surface area contributed by atoms with Gasteiger partial charge in [0, 0.05) is 35.6 Å². The molecule has 194 valence electrons. The summed E-state index contributed by atoms with van der Waals surface area (Å²) in [6, 6.07) is 20.8. The number of pyridine rings is 1. The van der Waals surface area contributed by atoms with Gasteiger partial charge in [-0.3, -0.25) is 0 Å². The molecule has 0 bridgehead atoms. The van der Waals surface area contributed by atoms with Gasteiger partial charge >= 0.3 is 6.03 Å². The number of carbonyl (C=O) groups excluding carboxylic acids is 1. The first-order chi connectivity index (χ1) is 17.9. The number of nitrogens with zero attached hydrogens (tertiary/aromatic N) is 2. The minimum Gasteiger partial charge on any atom is -0.336 e. The average molecular weight is 497 g/mol. The normalized spacial score (nSPS) is 12.3. The lowest BCUT2D eigenvalue weighted by molar-refractivity contribution is 0.249. The lowest BCUT2D eigenvalue weighted by Crippen LogP contribution is -2.34. The molecule has 5 heteroatoms. The van der Waals surface area contributed by atoms with Gasteiger partial charge in [-0.2, -0.15) is 0 Å². The second-order valence-electron chi connectivity index (χ2n) is 10.4. The Balaban J connectivity index is 1.60. The smallest absolute Gasteiger partial charge is 0.319 e. The Morgan fingerprint density at radius 3 is 2.27 bits per heavy atom. The number of nitrogens with one attached hydrogen (secondary N) is 2. The third-order valence-electron chi connectivity index (χ3n) is 7.07. The molecule has 0 fully saturated rings. The second-order valence-corrected chi connectivity index (χ2v) is 10.4. The number of para-hydroxylation sites is 1. The number of fused-ring (bicyclic) bond motifs is 1. The Morgan fingerprint density at radius 2 is 1.62 bits per heavy atom. The van der Waals surface area contributed by atoms with Crippen LogP contribution in [0.4, 0.5) is 10.5 Å². The van der Waals surface area contributed by atoms with Crippen molar-refractivity contribution >= 4 is 22.8 Å². The monoisotopic (exact) mass is 496 g/mol. The first kappa shape index (κ1) is 26.5. The van der Waals surface area contributed by atoms with Crippen LogP contribution >= 0.6 is 0 Å². The summed E-state index contributed by atoms with van der Waals surface area (Å²) in [6.07, 6.45) is 7.19. The summed E-state index contributed by atoms with van der Waals surface area (Å²) < 4.78 is 2.26. The van der Waals surface area contributed by atoms with Crippen molar-refractivity contribution in [2.24, 2.45) is 0 Å². The molecular formula is C32H40N4O. The van der Waals surface area contributed by atoms with Crippen LogP contribution in [0.3, 0.4) is 0 Å². The topological polar surface area (TPSA) is 59.0 Å². The van der Waals surface area contributed by atoms with Crippen LogP contribution < -0.4 is 10.6 Å². The van der Waals surface area contributed by atoms with Gasteiger partial charge in [0.15, 0.2) is 0 Å². The summed E-state index contributed by atoms with van der Waals surface area (Å²) >= 11 is 0. The van der Waals surface area contributed by atoms with Crippen molar-refractivity contribution in [3.8, 4) is 11.1 Å². The van der Waals surface area contributed by atoms with E-state index < -0.39 is 0 Å². The van der Waals surface area contributed by atoms with Crippen LogP contribution in [0.15, 0.2) is 73.1 Å². The molecule has 4 rings (SSSR count). The van der Waals surface area contributed by atoms with E-state index in [1.165, 1.54) is 11.1 Å². The van der Waals surface area contributed by atoms with Gasteiger partial charge in [-0.25, -0.2) is 9.78 Å². The minimum absolute atomic E-state index is 0.102. The van der Waals surface area contributed by atoms with Crippen LogP contribution in [0.1, 0.15) is 82.9 Å². The lowest BCUT2D eigenvalue weighted by Gasteiger charge is -2.23. The molecule has 2 amide bonds. The molecule has 0 aliphatic carbocycles. The van der Waals surface area contributed by atoms with Crippen molar-refractivity contribution < 1.29 is 4.79 Å². The maximum Gasteiger partial charge on any atom is 0.319 e. The number of rotatable bonds is 10. The van der Waals surface area contributed by atoms with Crippen LogP contribution in [0, 0.1) is 0 Å². The van der Waals surface area contributed by atoms with E-state index in [1.807, 2.05) is 18.3 Å².